The molecule has 0 bridgehead atoms. The fourth-order valence-electron chi connectivity index (χ4n) is 3.82. The summed E-state index contributed by atoms with van der Waals surface area (Å²) in [6.45, 7) is 1.01. The third-order valence-corrected chi connectivity index (χ3v) is 5.55. The zero-order valence-electron chi connectivity index (χ0n) is 18.8. The SMILES string of the molecule is C#CCOc1cc(CCC(OC(=O)[C@H]2CCCCN2)c2cccc(OC)c2)ccc1OC. The monoisotopic (exact) mass is 437 g/mol. The summed E-state index contributed by atoms with van der Waals surface area (Å²) < 4.78 is 22.3. The lowest BCUT2D eigenvalue weighted by molar-refractivity contribution is -0.153. The summed E-state index contributed by atoms with van der Waals surface area (Å²) in [5.74, 6) is 4.23. The summed E-state index contributed by atoms with van der Waals surface area (Å²) in [6, 6.07) is 13.2. The number of esters is 1. The number of hydrogen-bond acceptors (Lipinski definition) is 6. The number of ether oxygens (including phenoxy) is 4. The van der Waals surface area contributed by atoms with Crippen LogP contribution >= 0.6 is 0 Å². The van der Waals surface area contributed by atoms with Crippen LogP contribution in [0.5, 0.6) is 17.2 Å². The van der Waals surface area contributed by atoms with Gasteiger partial charge in [0.05, 0.1) is 14.2 Å². The Morgan fingerprint density at radius 3 is 2.75 bits per heavy atom. The van der Waals surface area contributed by atoms with Crippen LogP contribution in [0, 0.1) is 12.3 Å². The molecule has 2 atom stereocenters. The average Bonchev–Trinajstić information content (AvgIpc) is 2.85. The zero-order valence-corrected chi connectivity index (χ0v) is 18.8. The van der Waals surface area contributed by atoms with Crippen molar-refractivity contribution in [3.8, 4) is 29.6 Å². The van der Waals surface area contributed by atoms with Gasteiger partial charge in [-0.1, -0.05) is 30.5 Å². The minimum atomic E-state index is -0.390. The predicted octanol–water partition coefficient (Wildman–Crippen LogP) is 4.08. The molecule has 3 rings (SSSR count). The fraction of sp³-hybridized carbons (Fsp3) is 0.423. The molecule has 1 heterocycles. The molecule has 170 valence electrons. The number of rotatable bonds is 10. The summed E-state index contributed by atoms with van der Waals surface area (Å²) >= 11 is 0. The molecule has 32 heavy (non-hydrogen) atoms. The number of aryl methyl sites for hydroxylation is 1. The number of benzene rings is 2. The Balaban J connectivity index is 1.76. The second-order valence-electron chi connectivity index (χ2n) is 7.72. The van der Waals surface area contributed by atoms with Crippen molar-refractivity contribution in [2.45, 2.75) is 44.2 Å². The van der Waals surface area contributed by atoms with Gasteiger partial charge in [0.2, 0.25) is 0 Å². The quantitative estimate of drug-likeness (QED) is 0.446. The summed E-state index contributed by atoms with van der Waals surface area (Å²) in [5.41, 5.74) is 1.95. The molecule has 2 aromatic carbocycles. The van der Waals surface area contributed by atoms with Gasteiger partial charge < -0.3 is 24.3 Å². The standard InChI is InChI=1S/C26H31NO5/c1-4-16-31-25-17-19(12-14-24(25)30-3)11-13-23(20-8-7-9-21(18-20)29-2)32-26(28)22-10-5-6-15-27-22/h1,7-9,12,14,17-18,22-23,27H,5-6,10-11,13,15-16H2,2-3H3/t22-,23?/m1/s1. The van der Waals surface area contributed by atoms with Gasteiger partial charge in [-0.15, -0.1) is 6.42 Å². The van der Waals surface area contributed by atoms with Crippen LogP contribution in [0.2, 0.25) is 0 Å². The number of carbonyl (C=O) groups excluding carboxylic acids is 1. The van der Waals surface area contributed by atoms with Crippen LogP contribution in [0.25, 0.3) is 0 Å². The van der Waals surface area contributed by atoms with Crippen LogP contribution in [0.1, 0.15) is 42.9 Å². The molecule has 1 fully saturated rings. The number of piperidine rings is 1. The molecule has 1 N–H and O–H groups in total. The van der Waals surface area contributed by atoms with E-state index in [-0.39, 0.29) is 18.6 Å². The first-order chi connectivity index (χ1) is 15.6. The van der Waals surface area contributed by atoms with Crippen LogP contribution < -0.4 is 19.5 Å². The van der Waals surface area contributed by atoms with E-state index in [0.29, 0.717) is 24.3 Å². The molecule has 0 aliphatic carbocycles. The van der Waals surface area contributed by atoms with Crippen molar-refractivity contribution >= 4 is 5.97 Å². The molecule has 1 saturated heterocycles. The van der Waals surface area contributed by atoms with E-state index in [0.717, 1.165) is 42.7 Å². The van der Waals surface area contributed by atoms with Gasteiger partial charge in [-0.25, -0.2) is 0 Å². The Morgan fingerprint density at radius 2 is 2.03 bits per heavy atom. The van der Waals surface area contributed by atoms with E-state index in [1.165, 1.54) is 0 Å². The van der Waals surface area contributed by atoms with Crippen molar-refractivity contribution in [3.05, 3.63) is 53.6 Å². The summed E-state index contributed by atoms with van der Waals surface area (Å²) in [4.78, 5) is 12.8. The summed E-state index contributed by atoms with van der Waals surface area (Å²) in [5, 5.41) is 3.27. The highest BCUT2D eigenvalue weighted by Gasteiger charge is 2.26. The number of terminal acetylenes is 1. The van der Waals surface area contributed by atoms with Crippen molar-refractivity contribution in [1.29, 1.82) is 0 Å². The van der Waals surface area contributed by atoms with Gasteiger partial charge in [-0.3, -0.25) is 4.79 Å². The van der Waals surface area contributed by atoms with Crippen LogP contribution in [-0.2, 0) is 16.0 Å². The largest absolute Gasteiger partial charge is 0.497 e. The van der Waals surface area contributed by atoms with E-state index >= 15 is 0 Å². The third-order valence-electron chi connectivity index (χ3n) is 5.55. The highest BCUT2D eigenvalue weighted by atomic mass is 16.5. The lowest BCUT2D eigenvalue weighted by Crippen LogP contribution is -2.41. The molecule has 6 nitrogen and oxygen atoms in total. The van der Waals surface area contributed by atoms with Crippen molar-refractivity contribution in [3.63, 3.8) is 0 Å². The van der Waals surface area contributed by atoms with Crippen LogP contribution in [-0.4, -0.2) is 39.4 Å². The smallest absolute Gasteiger partial charge is 0.323 e. The fourth-order valence-corrected chi connectivity index (χ4v) is 3.82. The van der Waals surface area contributed by atoms with Crippen molar-refractivity contribution in [2.24, 2.45) is 0 Å². The maximum absolute atomic E-state index is 12.8. The Labute approximate surface area is 190 Å². The van der Waals surface area contributed by atoms with Crippen molar-refractivity contribution in [1.82, 2.24) is 5.32 Å². The van der Waals surface area contributed by atoms with Gasteiger partial charge in [0, 0.05) is 0 Å². The van der Waals surface area contributed by atoms with Crippen LogP contribution in [0.15, 0.2) is 42.5 Å². The third kappa shape index (κ3) is 6.41. The van der Waals surface area contributed by atoms with Crippen molar-refractivity contribution in [2.75, 3.05) is 27.4 Å². The molecule has 0 saturated carbocycles. The molecular weight excluding hydrogens is 406 g/mol. The Kier molecular flexibility index (Phi) is 8.82. The first kappa shape index (κ1) is 23.5. The van der Waals surface area contributed by atoms with E-state index in [4.69, 9.17) is 25.4 Å². The van der Waals surface area contributed by atoms with Gasteiger partial charge in [-0.2, -0.15) is 0 Å². The molecule has 0 radical (unpaired) electrons. The van der Waals surface area contributed by atoms with Crippen molar-refractivity contribution < 1.29 is 23.7 Å². The Morgan fingerprint density at radius 1 is 1.16 bits per heavy atom. The average molecular weight is 438 g/mol. The minimum absolute atomic E-state index is 0.165. The highest BCUT2D eigenvalue weighted by molar-refractivity contribution is 5.76. The Hall–Kier alpha value is -3.17. The van der Waals surface area contributed by atoms with E-state index < -0.39 is 6.10 Å². The normalized spacial score (nSPS) is 16.5. The van der Waals surface area contributed by atoms with Gasteiger partial charge in [0.25, 0.3) is 0 Å². The first-order valence-electron chi connectivity index (χ1n) is 11.0. The second-order valence-corrected chi connectivity index (χ2v) is 7.72. The number of carbonyl (C=O) groups is 1. The maximum Gasteiger partial charge on any atom is 0.323 e. The minimum Gasteiger partial charge on any atom is -0.497 e. The lowest BCUT2D eigenvalue weighted by atomic mass is 10.00. The van der Waals surface area contributed by atoms with E-state index in [9.17, 15) is 4.79 Å². The first-order valence-corrected chi connectivity index (χ1v) is 11.0. The molecule has 0 aromatic heterocycles. The maximum atomic E-state index is 12.8. The molecule has 1 unspecified atom stereocenters. The molecule has 2 aromatic rings. The molecule has 1 aliphatic heterocycles. The van der Waals surface area contributed by atoms with E-state index in [2.05, 4.69) is 11.2 Å². The molecule has 0 spiro atoms. The van der Waals surface area contributed by atoms with Crippen LogP contribution in [0.4, 0.5) is 0 Å². The zero-order chi connectivity index (χ0) is 22.8. The number of nitrogens with one attached hydrogen (secondary N) is 1. The summed E-state index contributed by atoms with van der Waals surface area (Å²) in [6.07, 6.45) is 9.15. The number of hydrogen-bond donors (Lipinski definition) is 1. The molecule has 1 aliphatic rings. The predicted molar refractivity (Wildman–Crippen MR) is 123 cm³/mol. The summed E-state index contributed by atoms with van der Waals surface area (Å²) in [7, 11) is 3.22. The van der Waals surface area contributed by atoms with E-state index in [1.54, 1.807) is 14.2 Å². The van der Waals surface area contributed by atoms with Gasteiger partial charge in [0.15, 0.2) is 11.5 Å². The van der Waals surface area contributed by atoms with Gasteiger partial charge >= 0.3 is 5.97 Å². The molecular formula is C26H31NO5. The molecule has 6 heteroatoms. The topological polar surface area (TPSA) is 66.0 Å². The Bertz CT molecular complexity index is 930. The second kappa shape index (κ2) is 12.0. The van der Waals surface area contributed by atoms with Crippen LogP contribution in [0.3, 0.4) is 0 Å². The molecule has 0 amide bonds. The lowest BCUT2D eigenvalue weighted by Gasteiger charge is -2.25. The van der Waals surface area contributed by atoms with Gasteiger partial charge in [-0.05, 0) is 67.6 Å². The highest BCUT2D eigenvalue weighted by Crippen LogP contribution is 2.31. The number of methoxy groups -OCH3 is 2. The van der Waals surface area contributed by atoms with E-state index in [1.807, 2.05) is 42.5 Å². The van der Waals surface area contributed by atoms with Gasteiger partial charge in [0.1, 0.15) is 24.5 Å².